The highest BCUT2D eigenvalue weighted by molar-refractivity contribution is 5.66. The van der Waals surface area contributed by atoms with Crippen molar-refractivity contribution in [2.45, 2.75) is 26.8 Å². The average molecular weight is 190 g/mol. The van der Waals surface area contributed by atoms with E-state index >= 15 is 0 Å². The van der Waals surface area contributed by atoms with Crippen molar-refractivity contribution in [3.63, 3.8) is 0 Å². The molecule has 0 saturated carbocycles. The van der Waals surface area contributed by atoms with Crippen LogP contribution < -0.4 is 11.5 Å². The fourth-order valence-electron chi connectivity index (χ4n) is 1.26. The second kappa shape index (κ2) is 4.29. The standard InChI is InChI=1S/C12H18N2/c1-8(9(2)13)11-4-6-12(7-5-11)10(3)14/h4-7,10H,13-14H2,1-3H3/b9-8+/t10-/m0/s1. The fourth-order valence-corrected chi connectivity index (χ4v) is 1.26. The van der Waals surface area contributed by atoms with Crippen LogP contribution in [-0.4, -0.2) is 0 Å². The molecule has 0 saturated heterocycles. The molecule has 0 radical (unpaired) electrons. The minimum absolute atomic E-state index is 0.0901. The minimum atomic E-state index is 0.0901. The van der Waals surface area contributed by atoms with Crippen molar-refractivity contribution in [3.05, 3.63) is 41.1 Å². The van der Waals surface area contributed by atoms with E-state index in [9.17, 15) is 0 Å². The normalized spacial score (nSPS) is 14.9. The number of hydrogen-bond donors (Lipinski definition) is 2. The van der Waals surface area contributed by atoms with Gasteiger partial charge in [-0.15, -0.1) is 0 Å². The molecule has 0 spiro atoms. The Morgan fingerprint density at radius 1 is 1.14 bits per heavy atom. The van der Waals surface area contributed by atoms with Crippen LogP contribution in [0.1, 0.15) is 37.9 Å². The maximum Gasteiger partial charge on any atom is 0.0266 e. The first-order valence-corrected chi connectivity index (χ1v) is 4.81. The molecule has 0 aliphatic rings. The van der Waals surface area contributed by atoms with E-state index in [-0.39, 0.29) is 6.04 Å². The predicted octanol–water partition coefficient (Wildman–Crippen LogP) is 2.42. The molecular formula is C12H18N2. The molecule has 0 amide bonds. The first kappa shape index (κ1) is 10.8. The molecule has 1 rings (SSSR count). The molecule has 1 aromatic carbocycles. The van der Waals surface area contributed by atoms with Gasteiger partial charge in [-0.25, -0.2) is 0 Å². The first-order chi connectivity index (χ1) is 6.52. The summed E-state index contributed by atoms with van der Waals surface area (Å²) in [6.07, 6.45) is 0. The molecule has 0 aliphatic carbocycles. The van der Waals surface area contributed by atoms with Gasteiger partial charge in [0.15, 0.2) is 0 Å². The van der Waals surface area contributed by atoms with Crippen LogP contribution in [0.2, 0.25) is 0 Å². The largest absolute Gasteiger partial charge is 0.402 e. The van der Waals surface area contributed by atoms with Crippen LogP contribution >= 0.6 is 0 Å². The second-order valence-electron chi connectivity index (χ2n) is 3.72. The zero-order valence-electron chi connectivity index (χ0n) is 9.04. The van der Waals surface area contributed by atoms with Crippen LogP contribution in [0.3, 0.4) is 0 Å². The number of nitrogens with two attached hydrogens (primary N) is 2. The van der Waals surface area contributed by atoms with Gasteiger partial charge in [0.1, 0.15) is 0 Å². The highest BCUT2D eigenvalue weighted by Crippen LogP contribution is 2.18. The molecule has 0 fully saturated rings. The van der Waals surface area contributed by atoms with Crippen LogP contribution in [-0.2, 0) is 0 Å². The van der Waals surface area contributed by atoms with E-state index in [1.54, 1.807) is 0 Å². The summed E-state index contributed by atoms with van der Waals surface area (Å²) in [4.78, 5) is 0. The number of rotatable bonds is 2. The van der Waals surface area contributed by atoms with Crippen LogP contribution in [0.25, 0.3) is 5.57 Å². The van der Waals surface area contributed by atoms with Gasteiger partial charge in [0.05, 0.1) is 0 Å². The Morgan fingerprint density at radius 3 is 2.00 bits per heavy atom. The van der Waals surface area contributed by atoms with Gasteiger partial charge in [-0.2, -0.15) is 0 Å². The van der Waals surface area contributed by atoms with E-state index in [0.29, 0.717) is 0 Å². The maximum absolute atomic E-state index is 5.76. The van der Waals surface area contributed by atoms with Crippen LogP contribution in [0, 0.1) is 0 Å². The molecule has 14 heavy (non-hydrogen) atoms. The van der Waals surface area contributed by atoms with E-state index in [4.69, 9.17) is 11.5 Å². The lowest BCUT2D eigenvalue weighted by atomic mass is 10.0. The van der Waals surface area contributed by atoms with Crippen molar-refractivity contribution >= 4 is 5.57 Å². The quantitative estimate of drug-likeness (QED) is 0.752. The van der Waals surface area contributed by atoms with Gasteiger partial charge in [-0.3, -0.25) is 0 Å². The molecule has 2 nitrogen and oxygen atoms in total. The monoisotopic (exact) mass is 190 g/mol. The number of benzene rings is 1. The molecular weight excluding hydrogens is 172 g/mol. The Bertz CT molecular complexity index is 330. The smallest absolute Gasteiger partial charge is 0.0266 e. The van der Waals surface area contributed by atoms with E-state index in [2.05, 4.69) is 12.1 Å². The third-order valence-electron chi connectivity index (χ3n) is 2.46. The molecule has 0 aliphatic heterocycles. The van der Waals surface area contributed by atoms with Gasteiger partial charge < -0.3 is 11.5 Å². The Hall–Kier alpha value is -1.28. The number of allylic oxidation sites excluding steroid dienone is 2. The Labute approximate surface area is 85.6 Å². The summed E-state index contributed by atoms with van der Waals surface area (Å²) >= 11 is 0. The van der Waals surface area contributed by atoms with E-state index in [1.807, 2.05) is 32.9 Å². The van der Waals surface area contributed by atoms with Crippen LogP contribution in [0.15, 0.2) is 30.0 Å². The van der Waals surface area contributed by atoms with Crippen molar-refractivity contribution in [1.82, 2.24) is 0 Å². The van der Waals surface area contributed by atoms with Gasteiger partial charge >= 0.3 is 0 Å². The van der Waals surface area contributed by atoms with E-state index < -0.39 is 0 Å². The summed E-state index contributed by atoms with van der Waals surface area (Å²) in [6.45, 7) is 5.91. The summed E-state index contributed by atoms with van der Waals surface area (Å²) in [5.41, 5.74) is 15.8. The number of hydrogen-bond acceptors (Lipinski definition) is 2. The molecule has 0 bridgehead atoms. The molecule has 0 heterocycles. The molecule has 76 valence electrons. The predicted molar refractivity (Wildman–Crippen MR) is 61.5 cm³/mol. The van der Waals surface area contributed by atoms with Gasteiger partial charge in [0.2, 0.25) is 0 Å². The SMILES string of the molecule is C/C(N)=C(/C)c1ccc([C@H](C)N)cc1. The second-order valence-corrected chi connectivity index (χ2v) is 3.72. The zero-order valence-corrected chi connectivity index (χ0v) is 9.04. The first-order valence-electron chi connectivity index (χ1n) is 4.81. The lowest BCUT2D eigenvalue weighted by Gasteiger charge is -2.08. The maximum atomic E-state index is 5.76. The summed E-state index contributed by atoms with van der Waals surface area (Å²) in [7, 11) is 0. The molecule has 1 atom stereocenters. The van der Waals surface area contributed by atoms with Crippen molar-refractivity contribution < 1.29 is 0 Å². The summed E-state index contributed by atoms with van der Waals surface area (Å²) in [5.74, 6) is 0. The topological polar surface area (TPSA) is 52.0 Å². The minimum Gasteiger partial charge on any atom is -0.402 e. The van der Waals surface area contributed by atoms with Crippen molar-refractivity contribution in [1.29, 1.82) is 0 Å². The third-order valence-corrected chi connectivity index (χ3v) is 2.46. The van der Waals surface area contributed by atoms with E-state index in [0.717, 1.165) is 22.4 Å². The third kappa shape index (κ3) is 2.36. The Morgan fingerprint density at radius 2 is 1.64 bits per heavy atom. The summed E-state index contributed by atoms with van der Waals surface area (Å²) in [6, 6.07) is 8.31. The average Bonchev–Trinajstić information content (AvgIpc) is 2.16. The van der Waals surface area contributed by atoms with Gasteiger partial charge in [0.25, 0.3) is 0 Å². The van der Waals surface area contributed by atoms with Crippen molar-refractivity contribution in [2.24, 2.45) is 11.5 Å². The fraction of sp³-hybridized carbons (Fsp3) is 0.333. The highest BCUT2D eigenvalue weighted by Gasteiger charge is 2.01. The lowest BCUT2D eigenvalue weighted by Crippen LogP contribution is -2.04. The zero-order chi connectivity index (χ0) is 10.7. The molecule has 2 heteroatoms. The van der Waals surface area contributed by atoms with Crippen LogP contribution in [0.4, 0.5) is 0 Å². The van der Waals surface area contributed by atoms with Crippen LogP contribution in [0.5, 0.6) is 0 Å². The van der Waals surface area contributed by atoms with Crippen molar-refractivity contribution in [2.75, 3.05) is 0 Å². The van der Waals surface area contributed by atoms with Gasteiger partial charge in [-0.1, -0.05) is 24.3 Å². The summed E-state index contributed by atoms with van der Waals surface area (Å²) < 4.78 is 0. The Balaban J connectivity index is 3.00. The molecule has 0 aromatic heterocycles. The van der Waals surface area contributed by atoms with Crippen molar-refractivity contribution in [3.8, 4) is 0 Å². The van der Waals surface area contributed by atoms with E-state index in [1.165, 1.54) is 0 Å². The summed E-state index contributed by atoms with van der Waals surface area (Å²) in [5, 5.41) is 0. The van der Waals surface area contributed by atoms with Gasteiger partial charge in [-0.05, 0) is 37.5 Å². The highest BCUT2D eigenvalue weighted by atomic mass is 14.6. The molecule has 1 aromatic rings. The molecule has 0 unspecified atom stereocenters. The lowest BCUT2D eigenvalue weighted by molar-refractivity contribution is 0.818. The molecule has 4 N–H and O–H groups in total. The Kier molecular flexibility index (Phi) is 3.31. The van der Waals surface area contributed by atoms with Gasteiger partial charge in [0, 0.05) is 11.7 Å².